The van der Waals surface area contributed by atoms with Crippen LogP contribution in [0.1, 0.15) is 113 Å². The number of carboxylic acids is 5. The lowest BCUT2D eigenvalue weighted by Gasteiger charge is -2.29. The van der Waals surface area contributed by atoms with E-state index in [9.17, 15) is 92.7 Å². The Hall–Kier alpha value is -7.15. The number of nitrogens with two attached hydrogens (primary N) is 1. The Balaban J connectivity index is 6.51. The molecule has 0 radical (unpaired) electrons. The van der Waals surface area contributed by atoms with Gasteiger partial charge in [0.25, 0.3) is 0 Å². The maximum atomic E-state index is 13.8. The summed E-state index contributed by atoms with van der Waals surface area (Å²) in [6.45, 7) is 12.2. The van der Waals surface area contributed by atoms with E-state index in [0.29, 0.717) is 0 Å². The van der Waals surface area contributed by atoms with E-state index < -0.39 is 206 Å². The van der Waals surface area contributed by atoms with Crippen LogP contribution in [0, 0.1) is 17.8 Å². The number of nitrogens with one attached hydrogen (secondary N) is 9. The number of aliphatic hydroxyl groups is 1. The fraction of sp³-hybridized carbons (Fsp3) is 0.696. The van der Waals surface area contributed by atoms with Crippen LogP contribution < -0.4 is 53.6 Å². The number of aliphatic carboxylic acids is 5. The predicted molar refractivity (Wildman–Crippen MR) is 271 cm³/mol. The third-order valence-corrected chi connectivity index (χ3v) is 11.5. The third kappa shape index (κ3) is 27.5. The van der Waals surface area contributed by atoms with Crippen molar-refractivity contribution in [2.45, 2.75) is 180 Å². The first-order chi connectivity index (χ1) is 35.6. The number of hydrogen-bond donors (Lipinski definition) is 17. The van der Waals surface area contributed by atoms with Crippen molar-refractivity contribution in [2.24, 2.45) is 23.5 Å². The Bertz CT molecular complexity index is 2130. The van der Waals surface area contributed by atoms with Gasteiger partial charge < -0.3 is 84.2 Å². The van der Waals surface area contributed by atoms with Gasteiger partial charge in [-0.05, 0) is 63.7 Å². The van der Waals surface area contributed by atoms with Crippen LogP contribution in [0.15, 0.2) is 0 Å². The predicted octanol–water partition coefficient (Wildman–Crippen LogP) is -4.09. The summed E-state index contributed by atoms with van der Waals surface area (Å²) < 4.78 is 0. The van der Waals surface area contributed by atoms with Crippen LogP contribution in [0.4, 0.5) is 0 Å². The molecule has 0 spiro atoms. The van der Waals surface area contributed by atoms with Crippen molar-refractivity contribution < 1.29 is 97.8 Å². The Kier molecular flexibility index (Phi) is 31.3. The minimum absolute atomic E-state index is 0.0284. The lowest BCUT2D eigenvalue weighted by atomic mass is 9.99. The Morgan fingerprint density at radius 2 is 0.753 bits per heavy atom. The number of amides is 9. The average Bonchev–Trinajstić information content (AvgIpc) is 3.31. The van der Waals surface area contributed by atoms with Crippen LogP contribution in [0.25, 0.3) is 0 Å². The standard InChI is InChI=1S/C46H76N10O20S/c1-19(2)15-27(42(71)55-35(21(5)6)44(73)54-30(18-77)46(75)76)51-37(66)22(7)48-45(74)36(23(8)57)56-43(72)28(16-20(3)4)52-41(70)29(17-34(64)65)53-40(69)26(11-14-33(62)63)50-39(68)25(10-13-32(60)61)49-38(67)24(47)9-12-31(58)59/h19-30,35-36,57,77H,9-18,47H2,1-8H3,(H,48,74)(H,49,67)(H,50,68)(H,51,66)(H,52,70)(H,53,69)(H,54,73)(H,55,71)(H,56,72)(H,58,59)(H,60,61)(H,62,63)(H,64,65)(H,75,76)/t22-,23+,24-,25-,26-,27-,28-,29-,30-,35-,36-/m0/s1. The van der Waals surface area contributed by atoms with Gasteiger partial charge in [0, 0.05) is 25.0 Å². The highest BCUT2D eigenvalue weighted by Gasteiger charge is 2.37. The van der Waals surface area contributed by atoms with Gasteiger partial charge in [-0.15, -0.1) is 0 Å². The zero-order valence-corrected chi connectivity index (χ0v) is 45.0. The number of carbonyl (C=O) groups is 14. The number of hydrogen-bond acceptors (Lipinski definition) is 17. The summed E-state index contributed by atoms with van der Waals surface area (Å²) in [5, 5.41) is 77.9. The quantitative estimate of drug-likeness (QED) is 0.0263. The van der Waals surface area contributed by atoms with Crippen molar-refractivity contribution in [1.82, 2.24) is 47.9 Å². The molecule has 0 aromatic rings. The lowest BCUT2D eigenvalue weighted by molar-refractivity contribution is -0.142. The van der Waals surface area contributed by atoms with E-state index in [2.05, 4.69) is 60.5 Å². The molecule has 0 heterocycles. The molecule has 0 aliphatic rings. The summed E-state index contributed by atoms with van der Waals surface area (Å²) in [7, 11) is 0. The van der Waals surface area contributed by atoms with Gasteiger partial charge in [0.1, 0.15) is 54.4 Å². The van der Waals surface area contributed by atoms with Gasteiger partial charge in [0.05, 0.1) is 18.6 Å². The van der Waals surface area contributed by atoms with E-state index in [1.807, 2.05) is 0 Å². The SMILES string of the molecule is CC(C)C[C@H](NC(=O)[C@H](C)NC(=O)[C@@H](NC(=O)[C@H](CC(C)C)NC(=O)[C@H](CC(=O)O)NC(=O)[C@H](CCC(=O)O)NC(=O)[C@H](CCC(=O)O)NC(=O)[C@@H](N)CCC(=O)O)[C@@H](C)O)C(=O)N[C@H](C(=O)N[C@@H](CS)C(=O)O)C(C)C. The van der Waals surface area contributed by atoms with E-state index in [0.717, 1.165) is 6.92 Å². The van der Waals surface area contributed by atoms with E-state index >= 15 is 0 Å². The maximum absolute atomic E-state index is 13.8. The fourth-order valence-electron chi connectivity index (χ4n) is 6.93. The maximum Gasteiger partial charge on any atom is 0.327 e. The molecule has 0 bridgehead atoms. The highest BCUT2D eigenvalue weighted by molar-refractivity contribution is 7.80. The summed E-state index contributed by atoms with van der Waals surface area (Å²) >= 11 is 3.93. The second kappa shape index (κ2) is 34.5. The molecule has 30 nitrogen and oxygen atoms in total. The van der Waals surface area contributed by atoms with Gasteiger partial charge in [0.2, 0.25) is 53.2 Å². The Morgan fingerprint density at radius 3 is 1.14 bits per heavy atom. The largest absolute Gasteiger partial charge is 0.481 e. The fourth-order valence-corrected chi connectivity index (χ4v) is 7.18. The highest BCUT2D eigenvalue weighted by Crippen LogP contribution is 2.12. The summed E-state index contributed by atoms with van der Waals surface area (Å²) in [5.74, 6) is -18.6. The average molecular weight is 1120 g/mol. The molecule has 0 saturated heterocycles. The molecule has 0 unspecified atom stereocenters. The van der Waals surface area contributed by atoms with Gasteiger partial charge in [-0.3, -0.25) is 62.3 Å². The molecule has 0 rings (SSSR count). The normalized spacial score (nSPS) is 15.5. The molecular formula is C46H76N10O20S. The first-order valence-corrected chi connectivity index (χ1v) is 25.1. The van der Waals surface area contributed by atoms with Gasteiger partial charge in [-0.1, -0.05) is 41.5 Å². The van der Waals surface area contributed by atoms with Crippen LogP contribution in [-0.4, -0.2) is 186 Å². The molecule has 17 N–H and O–H groups in total. The zero-order valence-electron chi connectivity index (χ0n) is 44.1. The molecule has 31 heteroatoms. The highest BCUT2D eigenvalue weighted by atomic mass is 32.1. The van der Waals surface area contributed by atoms with Gasteiger partial charge in [-0.2, -0.15) is 12.6 Å². The van der Waals surface area contributed by atoms with Crippen LogP contribution in [0.3, 0.4) is 0 Å². The zero-order chi connectivity index (χ0) is 59.6. The molecule has 0 aliphatic heterocycles. The number of carboxylic acid groups (broad SMARTS) is 5. The van der Waals surface area contributed by atoms with Crippen LogP contribution in [0.2, 0.25) is 0 Å². The van der Waals surface area contributed by atoms with Crippen LogP contribution in [-0.2, 0) is 67.1 Å². The molecule has 9 amide bonds. The van der Waals surface area contributed by atoms with E-state index in [4.69, 9.17) is 10.8 Å². The number of thiol groups is 1. The first-order valence-electron chi connectivity index (χ1n) is 24.5. The molecule has 0 saturated carbocycles. The third-order valence-electron chi connectivity index (χ3n) is 11.1. The van der Waals surface area contributed by atoms with Crippen molar-refractivity contribution in [1.29, 1.82) is 0 Å². The number of aliphatic hydroxyl groups excluding tert-OH is 1. The molecule has 0 aromatic carbocycles. The van der Waals surface area contributed by atoms with Crippen molar-refractivity contribution in [3.63, 3.8) is 0 Å². The summed E-state index contributed by atoms with van der Waals surface area (Å²) in [6.07, 6.45) is -6.86. The van der Waals surface area contributed by atoms with Crippen molar-refractivity contribution >= 4 is 95.6 Å². The second-order valence-corrected chi connectivity index (χ2v) is 19.7. The topological polar surface area (TPSA) is 495 Å². The number of rotatable bonds is 37. The summed E-state index contributed by atoms with van der Waals surface area (Å²) in [4.78, 5) is 178. The summed E-state index contributed by atoms with van der Waals surface area (Å²) in [5.41, 5.74) is 5.71. The van der Waals surface area contributed by atoms with Crippen LogP contribution in [0.5, 0.6) is 0 Å². The monoisotopic (exact) mass is 1120 g/mol. The van der Waals surface area contributed by atoms with E-state index in [1.165, 1.54) is 6.92 Å². The summed E-state index contributed by atoms with van der Waals surface area (Å²) in [6, 6.07) is -16.0. The molecule has 11 atom stereocenters. The number of carbonyl (C=O) groups excluding carboxylic acids is 9. The van der Waals surface area contributed by atoms with E-state index in [1.54, 1.807) is 41.5 Å². The molecule has 436 valence electrons. The van der Waals surface area contributed by atoms with E-state index in [-0.39, 0.29) is 24.5 Å². The minimum Gasteiger partial charge on any atom is -0.481 e. The Morgan fingerprint density at radius 1 is 0.403 bits per heavy atom. The van der Waals surface area contributed by atoms with Crippen molar-refractivity contribution in [3.05, 3.63) is 0 Å². The molecule has 0 fully saturated rings. The van der Waals surface area contributed by atoms with Crippen LogP contribution >= 0.6 is 12.6 Å². The molecule has 77 heavy (non-hydrogen) atoms. The first kappa shape index (κ1) is 69.8. The Labute approximate surface area is 449 Å². The molecule has 0 aromatic heterocycles. The van der Waals surface area contributed by atoms with Crippen molar-refractivity contribution in [2.75, 3.05) is 5.75 Å². The molecular weight excluding hydrogens is 1040 g/mol. The van der Waals surface area contributed by atoms with Gasteiger partial charge in [-0.25, -0.2) is 4.79 Å². The van der Waals surface area contributed by atoms with Gasteiger partial charge >= 0.3 is 29.8 Å². The van der Waals surface area contributed by atoms with Gasteiger partial charge in [0.15, 0.2) is 0 Å². The minimum atomic E-state index is -2.06. The lowest BCUT2D eigenvalue weighted by Crippen LogP contribution is -2.62. The smallest absolute Gasteiger partial charge is 0.327 e. The van der Waals surface area contributed by atoms with Crippen molar-refractivity contribution in [3.8, 4) is 0 Å². The second-order valence-electron chi connectivity index (χ2n) is 19.3. The molecule has 0 aliphatic carbocycles.